The van der Waals surface area contributed by atoms with Gasteiger partial charge in [-0.3, -0.25) is 9.13 Å². The van der Waals surface area contributed by atoms with Gasteiger partial charge in [0.25, 0.3) is 0 Å². The van der Waals surface area contributed by atoms with Crippen LogP contribution in [0, 0.1) is 0 Å². The van der Waals surface area contributed by atoms with Gasteiger partial charge in [-0.2, -0.15) is 0 Å². The summed E-state index contributed by atoms with van der Waals surface area (Å²) < 4.78 is 2.75. The van der Waals surface area contributed by atoms with Crippen molar-refractivity contribution in [2.24, 2.45) is 0 Å². The Bertz CT molecular complexity index is 793. The molecule has 0 unspecified atom stereocenters. The third-order valence-electron chi connectivity index (χ3n) is 3.84. The van der Waals surface area contributed by atoms with E-state index in [1.807, 2.05) is 18.2 Å². The van der Waals surface area contributed by atoms with Crippen molar-refractivity contribution in [3.8, 4) is 0 Å². The van der Waals surface area contributed by atoms with Crippen LogP contribution in [0.5, 0.6) is 0 Å². The fourth-order valence-electron chi connectivity index (χ4n) is 2.52. The Hall–Kier alpha value is -2.35. The van der Waals surface area contributed by atoms with Gasteiger partial charge in [0, 0.05) is 51.0 Å². The summed E-state index contributed by atoms with van der Waals surface area (Å²) in [5.74, 6) is 0. The SMILES string of the molecule is Clc1cccc(N2CCNCC2)c1Cl.O=C(n1ccnc1)n1ccnc1. The minimum absolute atomic E-state index is 0.190. The van der Waals surface area contributed by atoms with E-state index in [1.165, 1.54) is 21.8 Å². The van der Waals surface area contributed by atoms with Gasteiger partial charge in [0.2, 0.25) is 0 Å². The first-order valence-corrected chi connectivity index (χ1v) is 8.82. The number of anilines is 1. The normalized spacial score (nSPS) is 13.8. The van der Waals surface area contributed by atoms with Gasteiger partial charge >= 0.3 is 6.03 Å². The van der Waals surface area contributed by atoms with E-state index >= 15 is 0 Å². The van der Waals surface area contributed by atoms with Crippen LogP contribution in [-0.2, 0) is 0 Å². The second-order valence-electron chi connectivity index (χ2n) is 5.53. The van der Waals surface area contributed by atoms with Crippen LogP contribution >= 0.6 is 23.2 Å². The first-order chi connectivity index (χ1) is 12.7. The molecule has 0 bridgehead atoms. The number of halogens is 2. The second kappa shape index (κ2) is 8.84. The van der Waals surface area contributed by atoms with Crippen molar-refractivity contribution in [3.05, 3.63) is 65.7 Å². The van der Waals surface area contributed by atoms with Crippen molar-refractivity contribution in [1.29, 1.82) is 0 Å². The van der Waals surface area contributed by atoms with E-state index in [4.69, 9.17) is 23.2 Å². The summed E-state index contributed by atoms with van der Waals surface area (Å²) in [7, 11) is 0. The lowest BCUT2D eigenvalue weighted by atomic mass is 10.2. The Kier molecular flexibility index (Phi) is 6.27. The topological polar surface area (TPSA) is 68.0 Å². The van der Waals surface area contributed by atoms with Gasteiger partial charge in [-0.15, -0.1) is 0 Å². The zero-order valence-electron chi connectivity index (χ0n) is 13.9. The molecular weight excluding hydrogens is 375 g/mol. The molecule has 0 radical (unpaired) electrons. The third-order valence-corrected chi connectivity index (χ3v) is 4.65. The molecule has 1 aliphatic rings. The maximum absolute atomic E-state index is 11.4. The molecule has 3 heterocycles. The van der Waals surface area contributed by atoms with E-state index in [9.17, 15) is 4.79 Å². The fourth-order valence-corrected chi connectivity index (χ4v) is 2.94. The number of imidazole rings is 2. The number of rotatable bonds is 1. The van der Waals surface area contributed by atoms with Gasteiger partial charge < -0.3 is 10.2 Å². The average Bonchev–Trinajstić information content (AvgIpc) is 3.39. The Morgan fingerprint density at radius 3 is 2.15 bits per heavy atom. The minimum atomic E-state index is -0.190. The molecule has 0 aliphatic carbocycles. The number of piperazine rings is 1. The molecule has 1 saturated heterocycles. The highest BCUT2D eigenvalue weighted by atomic mass is 35.5. The maximum atomic E-state index is 11.4. The molecule has 136 valence electrons. The van der Waals surface area contributed by atoms with E-state index in [-0.39, 0.29) is 6.03 Å². The highest BCUT2D eigenvalue weighted by Gasteiger charge is 2.14. The van der Waals surface area contributed by atoms with E-state index in [2.05, 4.69) is 20.2 Å². The number of nitrogens with one attached hydrogen (secondary N) is 1. The smallest absolute Gasteiger partial charge is 0.338 e. The first kappa shape index (κ1) is 18.4. The lowest BCUT2D eigenvalue weighted by Gasteiger charge is -2.30. The van der Waals surface area contributed by atoms with Crippen molar-refractivity contribution in [3.63, 3.8) is 0 Å². The molecule has 26 heavy (non-hydrogen) atoms. The number of carbonyl (C=O) groups excluding carboxylic acids is 1. The van der Waals surface area contributed by atoms with E-state index in [1.54, 1.807) is 24.8 Å². The molecule has 1 fully saturated rings. The van der Waals surface area contributed by atoms with Crippen LogP contribution in [0.1, 0.15) is 0 Å². The highest BCUT2D eigenvalue weighted by molar-refractivity contribution is 6.43. The molecular formula is C17H18Cl2N6O. The summed E-state index contributed by atoms with van der Waals surface area (Å²) in [6.07, 6.45) is 9.17. The largest absolute Gasteiger partial charge is 0.368 e. The Morgan fingerprint density at radius 1 is 1.00 bits per heavy atom. The fraction of sp³-hybridized carbons (Fsp3) is 0.235. The van der Waals surface area contributed by atoms with E-state index in [0.717, 1.165) is 31.9 Å². The van der Waals surface area contributed by atoms with Crippen LogP contribution in [0.25, 0.3) is 0 Å². The second-order valence-corrected chi connectivity index (χ2v) is 6.32. The summed E-state index contributed by atoms with van der Waals surface area (Å²) in [6.45, 7) is 3.98. The standard InChI is InChI=1S/C10H12Cl2N2.C7H6N4O/c11-8-2-1-3-9(10(8)12)14-6-4-13-5-7-14;12-7(10-3-1-8-5-10)11-4-2-9-6-11/h1-3,13H,4-7H2;1-6H. The van der Waals surface area contributed by atoms with Crippen molar-refractivity contribution in [2.45, 2.75) is 0 Å². The molecule has 1 aromatic carbocycles. The van der Waals surface area contributed by atoms with Crippen molar-refractivity contribution in [1.82, 2.24) is 24.4 Å². The number of hydrogen-bond acceptors (Lipinski definition) is 5. The average molecular weight is 393 g/mol. The van der Waals surface area contributed by atoms with E-state index < -0.39 is 0 Å². The Labute approximate surface area is 161 Å². The van der Waals surface area contributed by atoms with Gasteiger partial charge in [-0.05, 0) is 12.1 Å². The highest BCUT2D eigenvalue weighted by Crippen LogP contribution is 2.32. The number of aromatic nitrogens is 4. The molecule has 1 N–H and O–H groups in total. The van der Waals surface area contributed by atoms with Gasteiger partial charge in [0.05, 0.1) is 15.7 Å². The zero-order chi connectivity index (χ0) is 18.4. The number of carbonyl (C=O) groups is 1. The summed E-state index contributed by atoms with van der Waals surface area (Å²) in [4.78, 5) is 21.2. The van der Waals surface area contributed by atoms with Crippen LogP contribution in [0.2, 0.25) is 10.0 Å². The van der Waals surface area contributed by atoms with Crippen LogP contribution in [-0.4, -0.2) is 51.3 Å². The Balaban J connectivity index is 0.000000152. The van der Waals surface area contributed by atoms with Gasteiger partial charge in [0.1, 0.15) is 12.7 Å². The van der Waals surface area contributed by atoms with Gasteiger partial charge in [-0.1, -0.05) is 29.3 Å². The molecule has 0 amide bonds. The Morgan fingerprint density at radius 2 is 1.62 bits per heavy atom. The number of benzene rings is 1. The monoisotopic (exact) mass is 392 g/mol. The summed E-state index contributed by atoms with van der Waals surface area (Å²) in [6, 6.07) is 5.57. The molecule has 1 aliphatic heterocycles. The molecule has 9 heteroatoms. The quantitative estimate of drug-likeness (QED) is 0.689. The predicted octanol–water partition coefficient (Wildman–Crippen LogP) is 3.00. The van der Waals surface area contributed by atoms with Gasteiger partial charge in [0.15, 0.2) is 0 Å². The van der Waals surface area contributed by atoms with E-state index in [0.29, 0.717) is 10.0 Å². The molecule has 0 spiro atoms. The van der Waals surface area contributed by atoms with Crippen molar-refractivity contribution < 1.29 is 4.79 Å². The molecule has 7 nitrogen and oxygen atoms in total. The van der Waals surface area contributed by atoms with Crippen molar-refractivity contribution >= 4 is 34.9 Å². The van der Waals surface area contributed by atoms with Crippen LogP contribution in [0.4, 0.5) is 10.5 Å². The van der Waals surface area contributed by atoms with Crippen LogP contribution in [0.15, 0.2) is 55.6 Å². The molecule has 4 rings (SSSR count). The lowest BCUT2D eigenvalue weighted by Crippen LogP contribution is -2.43. The first-order valence-electron chi connectivity index (χ1n) is 8.07. The summed E-state index contributed by atoms with van der Waals surface area (Å²) in [5.41, 5.74) is 1.04. The van der Waals surface area contributed by atoms with Crippen molar-refractivity contribution in [2.75, 3.05) is 31.1 Å². The summed E-state index contributed by atoms with van der Waals surface area (Å²) in [5, 5.41) is 4.59. The predicted molar refractivity (Wildman–Crippen MR) is 102 cm³/mol. The maximum Gasteiger partial charge on any atom is 0.338 e. The zero-order valence-corrected chi connectivity index (χ0v) is 15.4. The minimum Gasteiger partial charge on any atom is -0.368 e. The molecule has 0 saturated carbocycles. The third kappa shape index (κ3) is 4.43. The van der Waals surface area contributed by atoms with Crippen LogP contribution in [0.3, 0.4) is 0 Å². The van der Waals surface area contributed by atoms with Gasteiger partial charge in [-0.25, -0.2) is 14.8 Å². The summed E-state index contributed by atoms with van der Waals surface area (Å²) >= 11 is 12.1. The molecule has 3 aromatic rings. The molecule has 0 atom stereocenters. The lowest BCUT2D eigenvalue weighted by molar-refractivity contribution is 0.244. The molecule has 2 aromatic heterocycles. The number of nitrogens with zero attached hydrogens (tertiary/aromatic N) is 5. The van der Waals surface area contributed by atoms with Crippen LogP contribution < -0.4 is 10.2 Å². The number of hydrogen-bond donors (Lipinski definition) is 1.